The first kappa shape index (κ1) is 18.5. The Morgan fingerprint density at radius 2 is 1.89 bits per heavy atom. The Kier molecular flexibility index (Phi) is 5.55. The molecule has 28 heavy (non-hydrogen) atoms. The van der Waals surface area contributed by atoms with Gasteiger partial charge < -0.3 is 10.1 Å². The fraction of sp³-hybridized carbons (Fsp3) is 0.0588. The third-order valence-corrected chi connectivity index (χ3v) is 3.57. The average Bonchev–Trinajstić information content (AvgIpc) is 2.72. The summed E-state index contributed by atoms with van der Waals surface area (Å²) in [5, 5.41) is 14.4. The van der Waals surface area contributed by atoms with Crippen LogP contribution in [0.3, 0.4) is 0 Å². The number of rotatable bonds is 7. The van der Waals surface area contributed by atoms with Gasteiger partial charge in [0.2, 0.25) is 11.6 Å². The van der Waals surface area contributed by atoms with Gasteiger partial charge in [0.15, 0.2) is 0 Å². The van der Waals surface area contributed by atoms with E-state index in [-0.39, 0.29) is 11.6 Å². The smallest absolute Gasteiger partial charge is 0.355 e. The van der Waals surface area contributed by atoms with E-state index in [0.29, 0.717) is 17.0 Å². The predicted octanol–water partition coefficient (Wildman–Crippen LogP) is 2.29. The van der Waals surface area contributed by atoms with Gasteiger partial charge in [0.1, 0.15) is 12.1 Å². The maximum atomic E-state index is 12.1. The van der Waals surface area contributed by atoms with Crippen LogP contribution in [-0.2, 0) is 0 Å². The highest BCUT2D eigenvalue weighted by Gasteiger charge is 2.23. The second-order valence-corrected chi connectivity index (χ2v) is 5.35. The summed E-state index contributed by atoms with van der Waals surface area (Å²) in [5.41, 5.74) is 5.26. The second kappa shape index (κ2) is 8.40. The molecule has 0 radical (unpaired) electrons. The fourth-order valence-corrected chi connectivity index (χ4v) is 2.26. The van der Waals surface area contributed by atoms with Crippen LogP contribution in [0.2, 0.25) is 0 Å². The largest absolute Gasteiger partial charge is 0.497 e. The summed E-state index contributed by atoms with van der Waals surface area (Å²) in [7, 11) is 1.51. The van der Waals surface area contributed by atoms with Crippen molar-refractivity contribution >= 4 is 28.9 Å². The van der Waals surface area contributed by atoms with Crippen molar-refractivity contribution < 1.29 is 14.5 Å². The summed E-state index contributed by atoms with van der Waals surface area (Å²) in [6, 6.07) is 9.82. The summed E-state index contributed by atoms with van der Waals surface area (Å²) >= 11 is 0. The van der Waals surface area contributed by atoms with Gasteiger partial charge in [-0.15, -0.1) is 0 Å². The maximum absolute atomic E-state index is 12.1. The van der Waals surface area contributed by atoms with Gasteiger partial charge in [-0.05, 0) is 24.3 Å². The third-order valence-electron chi connectivity index (χ3n) is 3.57. The zero-order valence-electron chi connectivity index (χ0n) is 14.6. The SMILES string of the molecule is COc1cccc(Nc2ncnc(NNC(=O)c3ccncc3)c2[N+](=O)[O-])c1. The molecular weight excluding hydrogens is 366 g/mol. The van der Waals surface area contributed by atoms with Crippen LogP contribution in [0.5, 0.6) is 5.75 Å². The van der Waals surface area contributed by atoms with Gasteiger partial charge in [-0.25, -0.2) is 9.97 Å². The van der Waals surface area contributed by atoms with Crippen molar-refractivity contribution in [1.29, 1.82) is 0 Å². The molecule has 2 heterocycles. The number of nitrogens with one attached hydrogen (secondary N) is 3. The zero-order valence-corrected chi connectivity index (χ0v) is 14.6. The van der Waals surface area contributed by atoms with E-state index in [9.17, 15) is 14.9 Å². The number of hydrogen-bond acceptors (Lipinski definition) is 9. The first-order chi connectivity index (χ1) is 13.6. The minimum atomic E-state index is -0.649. The molecule has 142 valence electrons. The first-order valence-electron chi connectivity index (χ1n) is 7.95. The lowest BCUT2D eigenvalue weighted by Gasteiger charge is -2.11. The molecule has 1 aromatic carbocycles. The molecular formula is C17H15N7O4. The number of hydrazine groups is 1. The number of ether oxygens (including phenoxy) is 1. The van der Waals surface area contributed by atoms with Crippen LogP contribution in [0.1, 0.15) is 10.4 Å². The van der Waals surface area contributed by atoms with Crippen LogP contribution in [0.15, 0.2) is 55.1 Å². The van der Waals surface area contributed by atoms with E-state index in [1.54, 1.807) is 24.3 Å². The Morgan fingerprint density at radius 3 is 2.61 bits per heavy atom. The Hall–Kier alpha value is -4.28. The minimum Gasteiger partial charge on any atom is -0.497 e. The first-order valence-corrected chi connectivity index (χ1v) is 7.95. The quantitative estimate of drug-likeness (QED) is 0.414. The standard InChI is InChI=1S/C17H15N7O4/c1-28-13-4-2-3-12(9-13)21-15-14(24(26)27)16(20-10-19-15)22-23-17(25)11-5-7-18-8-6-11/h2-10H,1H3,(H,23,25)(H2,19,20,21,22). The van der Waals surface area contributed by atoms with Crippen molar-refractivity contribution in [1.82, 2.24) is 20.4 Å². The Balaban J connectivity index is 1.83. The number of hydrogen-bond donors (Lipinski definition) is 3. The average molecular weight is 381 g/mol. The van der Waals surface area contributed by atoms with E-state index < -0.39 is 16.5 Å². The summed E-state index contributed by atoms with van der Waals surface area (Å²) in [5.74, 6) is -0.149. The van der Waals surface area contributed by atoms with Gasteiger partial charge >= 0.3 is 5.69 Å². The van der Waals surface area contributed by atoms with Gasteiger partial charge in [-0.1, -0.05) is 6.07 Å². The molecule has 0 aliphatic heterocycles. The summed E-state index contributed by atoms with van der Waals surface area (Å²) in [4.78, 5) is 34.6. The maximum Gasteiger partial charge on any atom is 0.355 e. The molecule has 3 N–H and O–H groups in total. The highest BCUT2D eigenvalue weighted by Crippen LogP contribution is 2.31. The van der Waals surface area contributed by atoms with Crippen molar-refractivity contribution in [2.75, 3.05) is 17.9 Å². The number of nitrogens with zero attached hydrogens (tertiary/aromatic N) is 4. The van der Waals surface area contributed by atoms with Gasteiger partial charge in [0, 0.05) is 29.7 Å². The Morgan fingerprint density at radius 1 is 1.14 bits per heavy atom. The number of carbonyl (C=O) groups is 1. The number of methoxy groups -OCH3 is 1. The van der Waals surface area contributed by atoms with Crippen molar-refractivity contribution in [3.8, 4) is 5.75 Å². The molecule has 0 aliphatic carbocycles. The molecule has 0 atom stereocenters. The van der Waals surface area contributed by atoms with Crippen molar-refractivity contribution in [2.24, 2.45) is 0 Å². The number of carbonyl (C=O) groups excluding carboxylic acids is 1. The molecule has 11 nitrogen and oxygen atoms in total. The molecule has 1 amide bonds. The minimum absolute atomic E-state index is 0.0473. The number of benzene rings is 1. The van der Waals surface area contributed by atoms with Gasteiger partial charge in [0.05, 0.1) is 12.0 Å². The van der Waals surface area contributed by atoms with E-state index in [1.165, 1.54) is 31.6 Å². The van der Waals surface area contributed by atoms with Crippen molar-refractivity contribution in [3.05, 3.63) is 70.8 Å². The highest BCUT2D eigenvalue weighted by atomic mass is 16.6. The summed E-state index contributed by atoms with van der Waals surface area (Å²) in [6.07, 6.45) is 4.05. The molecule has 0 fully saturated rings. The zero-order chi connectivity index (χ0) is 19.9. The van der Waals surface area contributed by atoms with Crippen LogP contribution in [0.4, 0.5) is 23.0 Å². The topological polar surface area (TPSA) is 144 Å². The molecule has 11 heteroatoms. The molecule has 3 rings (SSSR count). The third kappa shape index (κ3) is 4.27. The lowest BCUT2D eigenvalue weighted by atomic mass is 10.2. The van der Waals surface area contributed by atoms with E-state index in [1.807, 2.05) is 0 Å². The molecule has 0 saturated carbocycles. The highest BCUT2D eigenvalue weighted by molar-refractivity contribution is 5.94. The monoisotopic (exact) mass is 381 g/mol. The molecule has 2 aromatic heterocycles. The van der Waals surface area contributed by atoms with Crippen LogP contribution in [0.25, 0.3) is 0 Å². The normalized spacial score (nSPS) is 10.0. The molecule has 3 aromatic rings. The van der Waals surface area contributed by atoms with E-state index in [4.69, 9.17) is 4.74 Å². The molecule has 0 unspecified atom stereocenters. The lowest BCUT2D eigenvalue weighted by Crippen LogP contribution is -2.30. The number of amides is 1. The summed E-state index contributed by atoms with van der Waals surface area (Å²) in [6.45, 7) is 0. The van der Waals surface area contributed by atoms with Gasteiger partial charge in [0.25, 0.3) is 5.91 Å². The lowest BCUT2D eigenvalue weighted by molar-refractivity contribution is -0.383. The molecule has 0 saturated heterocycles. The number of pyridine rings is 1. The molecule has 0 spiro atoms. The predicted molar refractivity (Wildman–Crippen MR) is 100 cm³/mol. The second-order valence-electron chi connectivity index (χ2n) is 5.35. The van der Waals surface area contributed by atoms with Gasteiger partial charge in [-0.3, -0.25) is 30.7 Å². The number of anilines is 3. The van der Waals surface area contributed by atoms with E-state index >= 15 is 0 Å². The van der Waals surface area contributed by atoms with Crippen molar-refractivity contribution in [3.63, 3.8) is 0 Å². The van der Waals surface area contributed by atoms with E-state index in [0.717, 1.165) is 6.33 Å². The Bertz CT molecular complexity index is 998. The Labute approximate surface area is 158 Å². The van der Waals surface area contributed by atoms with E-state index in [2.05, 4.69) is 31.1 Å². The molecule has 0 bridgehead atoms. The fourth-order valence-electron chi connectivity index (χ4n) is 2.26. The number of aromatic nitrogens is 3. The van der Waals surface area contributed by atoms with Gasteiger partial charge in [-0.2, -0.15) is 0 Å². The van der Waals surface area contributed by atoms with Crippen LogP contribution < -0.4 is 20.9 Å². The van der Waals surface area contributed by atoms with Crippen LogP contribution in [0, 0.1) is 10.1 Å². The molecule has 0 aliphatic rings. The summed E-state index contributed by atoms with van der Waals surface area (Å²) < 4.78 is 5.13. The number of nitro groups is 1. The van der Waals surface area contributed by atoms with Crippen molar-refractivity contribution in [2.45, 2.75) is 0 Å². The van der Waals surface area contributed by atoms with Crippen LogP contribution >= 0.6 is 0 Å². The van der Waals surface area contributed by atoms with Crippen LogP contribution in [-0.4, -0.2) is 32.9 Å².